The van der Waals surface area contributed by atoms with Crippen molar-refractivity contribution in [1.82, 2.24) is 4.98 Å². The minimum Gasteiger partial charge on any atom is -0.374 e. The molecule has 0 radical (unpaired) electrons. The van der Waals surface area contributed by atoms with Gasteiger partial charge in [-0.1, -0.05) is 22.9 Å². The number of rotatable bonds is 14. The second kappa shape index (κ2) is 13.0. The van der Waals surface area contributed by atoms with E-state index in [-0.39, 0.29) is 0 Å². The van der Waals surface area contributed by atoms with Gasteiger partial charge in [-0.05, 0) is 81.9 Å². The van der Waals surface area contributed by atoms with Gasteiger partial charge in [0.15, 0.2) is 4.34 Å². The van der Waals surface area contributed by atoms with Gasteiger partial charge in [0.2, 0.25) is 0 Å². The first kappa shape index (κ1) is 23.9. The van der Waals surface area contributed by atoms with Crippen molar-refractivity contribution in [2.45, 2.75) is 44.0 Å². The van der Waals surface area contributed by atoms with Crippen molar-refractivity contribution in [1.29, 1.82) is 0 Å². The number of thiazole rings is 1. The Morgan fingerprint density at radius 3 is 2.37 bits per heavy atom. The minimum absolute atomic E-state index is 0.625. The molecule has 1 heterocycles. The SMILES string of the molecule is CCO[Si](CCCc1cccc2sc(SSSSC)nc12)(OCC)OCC. The number of hydrogen-bond acceptors (Lipinski definition) is 9. The van der Waals surface area contributed by atoms with E-state index in [0.29, 0.717) is 19.8 Å². The predicted molar refractivity (Wildman–Crippen MR) is 128 cm³/mol. The quantitative estimate of drug-likeness (QED) is 0.163. The molecule has 152 valence electrons. The van der Waals surface area contributed by atoms with Gasteiger partial charge < -0.3 is 13.3 Å². The Morgan fingerprint density at radius 2 is 1.74 bits per heavy atom. The summed E-state index contributed by atoms with van der Waals surface area (Å²) in [5.41, 5.74) is 2.43. The smallest absolute Gasteiger partial charge is 0.374 e. The molecule has 0 saturated carbocycles. The molecule has 0 atom stereocenters. The van der Waals surface area contributed by atoms with E-state index in [4.69, 9.17) is 18.3 Å². The summed E-state index contributed by atoms with van der Waals surface area (Å²) in [5.74, 6) is 0. The Balaban J connectivity index is 2.04. The molecule has 2 aromatic rings. The Labute approximate surface area is 182 Å². The summed E-state index contributed by atoms with van der Waals surface area (Å²) in [6.45, 7) is 7.88. The lowest BCUT2D eigenvalue weighted by molar-refractivity contribution is 0.0708. The first-order chi connectivity index (χ1) is 13.2. The van der Waals surface area contributed by atoms with Crippen LogP contribution in [0.15, 0.2) is 22.5 Å². The van der Waals surface area contributed by atoms with Crippen molar-refractivity contribution < 1.29 is 13.3 Å². The van der Waals surface area contributed by atoms with E-state index in [2.05, 4.69) is 24.5 Å². The summed E-state index contributed by atoms with van der Waals surface area (Å²) in [6.07, 6.45) is 4.02. The highest BCUT2D eigenvalue weighted by atomic mass is 33.7. The first-order valence-corrected chi connectivity index (χ1v) is 17.0. The number of para-hydroxylation sites is 1. The molecule has 2 rings (SSSR count). The van der Waals surface area contributed by atoms with Gasteiger partial charge in [-0.25, -0.2) is 4.98 Å². The van der Waals surface area contributed by atoms with E-state index in [1.54, 1.807) is 52.6 Å². The zero-order chi connectivity index (χ0) is 19.5. The van der Waals surface area contributed by atoms with Gasteiger partial charge in [-0.15, -0.1) is 11.3 Å². The van der Waals surface area contributed by atoms with E-state index < -0.39 is 8.80 Å². The van der Waals surface area contributed by atoms with Crippen LogP contribution in [0.5, 0.6) is 0 Å². The maximum Gasteiger partial charge on any atom is 0.500 e. The number of nitrogens with zero attached hydrogens (tertiary/aromatic N) is 1. The molecule has 0 aliphatic rings. The first-order valence-electron chi connectivity index (χ1n) is 9.02. The summed E-state index contributed by atoms with van der Waals surface area (Å²) in [7, 11) is 4.48. The van der Waals surface area contributed by atoms with Crippen LogP contribution in [0, 0.1) is 0 Å². The largest absolute Gasteiger partial charge is 0.500 e. The van der Waals surface area contributed by atoms with Crippen LogP contribution in [-0.2, 0) is 19.7 Å². The van der Waals surface area contributed by atoms with Crippen LogP contribution < -0.4 is 0 Å². The van der Waals surface area contributed by atoms with Crippen LogP contribution in [0.25, 0.3) is 10.2 Å². The van der Waals surface area contributed by atoms with Crippen molar-refractivity contribution in [2.75, 3.05) is 26.1 Å². The molecule has 1 aromatic heterocycles. The number of benzene rings is 1. The summed E-state index contributed by atoms with van der Waals surface area (Å²) >= 11 is 1.77. The van der Waals surface area contributed by atoms with E-state index in [1.807, 2.05) is 20.8 Å². The number of aryl methyl sites for hydroxylation is 1. The summed E-state index contributed by atoms with van der Waals surface area (Å²) in [5, 5.41) is 0. The molecular formula is C17H27NO3S5Si. The molecular weight excluding hydrogens is 455 g/mol. The van der Waals surface area contributed by atoms with Crippen LogP contribution in [0.4, 0.5) is 0 Å². The second-order valence-electron chi connectivity index (χ2n) is 5.47. The number of hydrogen-bond donors (Lipinski definition) is 0. The molecule has 27 heavy (non-hydrogen) atoms. The van der Waals surface area contributed by atoms with Crippen molar-refractivity contribution in [3.05, 3.63) is 23.8 Å². The van der Waals surface area contributed by atoms with Crippen LogP contribution >= 0.6 is 52.6 Å². The Kier molecular flexibility index (Phi) is 11.5. The predicted octanol–water partition coefficient (Wildman–Crippen LogP) is 6.94. The molecule has 0 aliphatic heterocycles. The van der Waals surface area contributed by atoms with Gasteiger partial charge in [0.05, 0.1) is 10.2 Å². The van der Waals surface area contributed by atoms with E-state index >= 15 is 0 Å². The molecule has 0 fully saturated rings. The van der Waals surface area contributed by atoms with Crippen LogP contribution in [0.1, 0.15) is 32.8 Å². The lowest BCUT2D eigenvalue weighted by atomic mass is 10.1. The fourth-order valence-electron chi connectivity index (χ4n) is 2.79. The maximum atomic E-state index is 5.97. The average Bonchev–Trinajstić information content (AvgIpc) is 3.06. The zero-order valence-corrected chi connectivity index (χ0v) is 21.3. The second-order valence-corrected chi connectivity index (χ2v) is 15.4. The summed E-state index contributed by atoms with van der Waals surface area (Å²) < 4.78 is 20.3. The molecule has 0 aliphatic carbocycles. The molecule has 0 amide bonds. The zero-order valence-electron chi connectivity index (χ0n) is 16.2. The van der Waals surface area contributed by atoms with E-state index in [1.165, 1.54) is 10.3 Å². The monoisotopic (exact) mass is 481 g/mol. The standard InChI is InChI=1S/C17H27NO3S5Si/c1-5-19-27(20-6-2,21-7-3)13-9-11-14-10-8-12-15-16(14)18-17(23-15)24-26-25-22-4/h8,10,12H,5-7,9,11,13H2,1-4H3. The van der Waals surface area contributed by atoms with Crippen LogP contribution in [0.2, 0.25) is 6.04 Å². The van der Waals surface area contributed by atoms with Crippen molar-refractivity contribution in [3.63, 3.8) is 0 Å². The fraction of sp³-hybridized carbons (Fsp3) is 0.588. The summed E-state index contributed by atoms with van der Waals surface area (Å²) in [4.78, 5) is 4.86. The molecule has 0 bridgehead atoms. The Bertz CT molecular complexity index is 671. The van der Waals surface area contributed by atoms with E-state index in [9.17, 15) is 0 Å². The fourth-order valence-corrected chi connectivity index (χ4v) is 11.9. The normalized spacial score (nSPS) is 12.1. The molecule has 0 spiro atoms. The van der Waals surface area contributed by atoms with Crippen LogP contribution in [0.3, 0.4) is 0 Å². The third-order valence-electron chi connectivity index (χ3n) is 3.71. The highest BCUT2D eigenvalue weighted by Gasteiger charge is 2.39. The highest BCUT2D eigenvalue weighted by Crippen LogP contribution is 2.47. The van der Waals surface area contributed by atoms with E-state index in [0.717, 1.165) is 28.7 Å². The Hall–Kier alpha value is 0.607. The average molecular weight is 482 g/mol. The van der Waals surface area contributed by atoms with Gasteiger partial charge >= 0.3 is 8.80 Å². The minimum atomic E-state index is -2.56. The molecule has 0 saturated heterocycles. The Morgan fingerprint density at radius 1 is 1.04 bits per heavy atom. The van der Waals surface area contributed by atoms with Crippen molar-refractivity contribution in [2.24, 2.45) is 0 Å². The maximum absolute atomic E-state index is 5.97. The highest BCUT2D eigenvalue weighted by molar-refractivity contribution is 9.26. The molecule has 0 N–H and O–H groups in total. The third kappa shape index (κ3) is 7.42. The third-order valence-corrected chi connectivity index (χ3v) is 14.1. The molecule has 1 aromatic carbocycles. The van der Waals surface area contributed by atoms with Crippen molar-refractivity contribution >= 4 is 71.6 Å². The molecule has 4 nitrogen and oxygen atoms in total. The van der Waals surface area contributed by atoms with Gasteiger partial charge in [0.1, 0.15) is 0 Å². The van der Waals surface area contributed by atoms with Crippen molar-refractivity contribution in [3.8, 4) is 0 Å². The van der Waals surface area contributed by atoms with Gasteiger partial charge in [0, 0.05) is 25.9 Å². The lowest BCUT2D eigenvalue weighted by Gasteiger charge is -2.28. The molecule has 10 heteroatoms. The van der Waals surface area contributed by atoms with Gasteiger partial charge in [-0.3, -0.25) is 0 Å². The number of fused-ring (bicyclic) bond motifs is 1. The molecule has 0 unspecified atom stereocenters. The van der Waals surface area contributed by atoms with Crippen LogP contribution in [-0.4, -0.2) is 39.9 Å². The topological polar surface area (TPSA) is 40.6 Å². The summed E-state index contributed by atoms with van der Waals surface area (Å²) in [6, 6.07) is 7.31. The van der Waals surface area contributed by atoms with Gasteiger partial charge in [0.25, 0.3) is 0 Å². The lowest BCUT2D eigenvalue weighted by Crippen LogP contribution is -2.46. The number of aromatic nitrogens is 1. The van der Waals surface area contributed by atoms with Gasteiger partial charge in [-0.2, -0.15) is 0 Å².